The summed E-state index contributed by atoms with van der Waals surface area (Å²) in [6, 6.07) is 14.2. The largest absolute Gasteiger partial charge is 0.508 e. The number of anilines is 1. The van der Waals surface area contributed by atoms with Gasteiger partial charge in [0.15, 0.2) is 12.3 Å². The second kappa shape index (κ2) is 7.78. The van der Waals surface area contributed by atoms with E-state index >= 15 is 4.39 Å². The number of ether oxygens (including phenoxy) is 1. The molecule has 33 heavy (non-hydrogen) atoms. The van der Waals surface area contributed by atoms with Gasteiger partial charge >= 0.3 is 0 Å². The Labute approximate surface area is 194 Å². The Bertz CT molecular complexity index is 1320. The standard InChI is InChI=1S/C25H20ClFN2O4/c1-2-23(31)28-12-25(27,13-28)14-29-21-10-20(26)19(9-22(21)33-11-24(29)32)18-8-16(30)7-15-5-3-4-6-17(15)18/h2-10,30H,1,11-14H2. The van der Waals surface area contributed by atoms with Crippen molar-refractivity contribution < 1.29 is 23.8 Å². The second-order valence-corrected chi connectivity index (χ2v) is 8.74. The normalized spacial score (nSPS) is 16.7. The minimum Gasteiger partial charge on any atom is -0.508 e. The van der Waals surface area contributed by atoms with E-state index in [0.717, 1.165) is 16.8 Å². The number of nitrogens with zero attached hydrogens (tertiary/aromatic N) is 2. The Morgan fingerprint density at radius 1 is 1.21 bits per heavy atom. The monoisotopic (exact) mass is 466 g/mol. The molecule has 6 nitrogen and oxygen atoms in total. The molecule has 1 N–H and O–H groups in total. The van der Waals surface area contributed by atoms with Gasteiger partial charge in [-0.25, -0.2) is 4.39 Å². The smallest absolute Gasteiger partial charge is 0.265 e. The molecule has 0 aliphatic carbocycles. The van der Waals surface area contributed by atoms with Crippen molar-refractivity contribution in [3.05, 3.63) is 66.2 Å². The van der Waals surface area contributed by atoms with E-state index in [4.69, 9.17) is 16.3 Å². The lowest BCUT2D eigenvalue weighted by Gasteiger charge is -2.46. The number of hydrogen-bond donors (Lipinski definition) is 1. The van der Waals surface area contributed by atoms with Crippen LogP contribution in [0.2, 0.25) is 5.02 Å². The van der Waals surface area contributed by atoms with Crippen LogP contribution in [0.5, 0.6) is 11.5 Å². The number of alkyl halides is 1. The molecule has 0 bridgehead atoms. The highest BCUT2D eigenvalue weighted by atomic mass is 35.5. The van der Waals surface area contributed by atoms with Crippen LogP contribution in [-0.4, -0.2) is 53.7 Å². The maximum Gasteiger partial charge on any atom is 0.265 e. The van der Waals surface area contributed by atoms with Gasteiger partial charge in [-0.2, -0.15) is 0 Å². The third-order valence-corrected chi connectivity index (χ3v) is 6.32. The van der Waals surface area contributed by atoms with E-state index in [1.165, 1.54) is 9.80 Å². The molecule has 1 fully saturated rings. The van der Waals surface area contributed by atoms with Crippen molar-refractivity contribution in [2.75, 3.05) is 31.1 Å². The Hall–Kier alpha value is -3.58. The number of amides is 2. The van der Waals surface area contributed by atoms with Gasteiger partial charge in [-0.05, 0) is 46.7 Å². The molecule has 5 rings (SSSR count). The molecule has 0 radical (unpaired) electrons. The zero-order chi connectivity index (χ0) is 23.3. The predicted octanol–water partition coefficient (Wildman–Crippen LogP) is 4.33. The minimum absolute atomic E-state index is 0.0955. The van der Waals surface area contributed by atoms with Crippen LogP contribution in [0, 0.1) is 0 Å². The summed E-state index contributed by atoms with van der Waals surface area (Å²) in [6.45, 7) is 2.74. The van der Waals surface area contributed by atoms with Gasteiger partial charge < -0.3 is 19.6 Å². The highest BCUT2D eigenvalue weighted by Gasteiger charge is 2.48. The number of carbonyl (C=O) groups is 2. The van der Waals surface area contributed by atoms with Gasteiger partial charge in [-0.15, -0.1) is 0 Å². The fourth-order valence-corrected chi connectivity index (χ4v) is 4.68. The zero-order valence-corrected chi connectivity index (χ0v) is 18.3. The average molecular weight is 467 g/mol. The number of phenols is 1. The summed E-state index contributed by atoms with van der Waals surface area (Å²) < 4.78 is 20.9. The molecule has 2 amide bonds. The predicted molar refractivity (Wildman–Crippen MR) is 125 cm³/mol. The van der Waals surface area contributed by atoms with Gasteiger partial charge in [0.2, 0.25) is 5.91 Å². The van der Waals surface area contributed by atoms with Crippen LogP contribution >= 0.6 is 11.6 Å². The van der Waals surface area contributed by atoms with Crippen molar-refractivity contribution in [1.82, 2.24) is 4.90 Å². The molecule has 0 atom stereocenters. The Morgan fingerprint density at radius 3 is 2.73 bits per heavy atom. The minimum atomic E-state index is -1.73. The van der Waals surface area contributed by atoms with Crippen LogP contribution in [0.25, 0.3) is 21.9 Å². The van der Waals surface area contributed by atoms with E-state index in [2.05, 4.69) is 6.58 Å². The Morgan fingerprint density at radius 2 is 1.97 bits per heavy atom. The van der Waals surface area contributed by atoms with Gasteiger partial charge in [-0.3, -0.25) is 9.59 Å². The molecule has 3 aromatic rings. The van der Waals surface area contributed by atoms with Gasteiger partial charge in [0.05, 0.1) is 30.3 Å². The quantitative estimate of drug-likeness (QED) is 0.581. The van der Waals surface area contributed by atoms with Crippen LogP contribution in [0.1, 0.15) is 0 Å². The molecule has 1 saturated heterocycles. The van der Waals surface area contributed by atoms with Gasteiger partial charge in [-0.1, -0.05) is 42.4 Å². The SMILES string of the molecule is C=CC(=O)N1CC(F)(CN2C(=O)COc3cc(-c4cc(O)cc5ccccc45)c(Cl)cc32)C1. The summed E-state index contributed by atoms with van der Waals surface area (Å²) in [5, 5.41) is 12.3. The summed E-state index contributed by atoms with van der Waals surface area (Å²) in [5.74, 6) is -0.246. The lowest BCUT2D eigenvalue weighted by atomic mass is 9.94. The number of fused-ring (bicyclic) bond motifs is 2. The van der Waals surface area contributed by atoms with Crippen molar-refractivity contribution in [3.63, 3.8) is 0 Å². The number of carbonyl (C=O) groups excluding carboxylic acids is 2. The molecule has 168 valence electrons. The molecular formula is C25H20ClFN2O4. The summed E-state index contributed by atoms with van der Waals surface area (Å²) in [4.78, 5) is 26.9. The van der Waals surface area contributed by atoms with Crippen LogP contribution in [0.3, 0.4) is 0 Å². The van der Waals surface area contributed by atoms with Gasteiger partial charge in [0.1, 0.15) is 11.5 Å². The Balaban J connectivity index is 1.51. The summed E-state index contributed by atoms with van der Waals surface area (Å²) in [6.07, 6.45) is 1.14. The molecule has 2 aliphatic rings. The van der Waals surface area contributed by atoms with Crippen molar-refractivity contribution >= 4 is 39.9 Å². The maximum absolute atomic E-state index is 15.2. The van der Waals surface area contributed by atoms with Crippen molar-refractivity contribution in [3.8, 4) is 22.6 Å². The Kier molecular flexibility index (Phi) is 5.01. The number of hydrogen-bond acceptors (Lipinski definition) is 4. The first kappa shape index (κ1) is 21.3. The van der Waals surface area contributed by atoms with Crippen LogP contribution in [0.4, 0.5) is 10.1 Å². The van der Waals surface area contributed by atoms with E-state index in [0.29, 0.717) is 27.6 Å². The highest BCUT2D eigenvalue weighted by Crippen LogP contribution is 2.44. The number of halogens is 2. The van der Waals surface area contributed by atoms with Crippen LogP contribution in [0.15, 0.2) is 61.2 Å². The van der Waals surface area contributed by atoms with Crippen molar-refractivity contribution in [2.45, 2.75) is 5.67 Å². The van der Waals surface area contributed by atoms with Gasteiger partial charge in [0.25, 0.3) is 5.91 Å². The average Bonchev–Trinajstić information content (AvgIpc) is 2.78. The first-order valence-corrected chi connectivity index (χ1v) is 10.7. The van der Waals surface area contributed by atoms with E-state index in [1.807, 2.05) is 24.3 Å². The summed E-state index contributed by atoms with van der Waals surface area (Å²) in [7, 11) is 0. The van der Waals surface area contributed by atoms with E-state index in [1.54, 1.807) is 24.3 Å². The third kappa shape index (κ3) is 3.68. The van der Waals surface area contributed by atoms with Gasteiger partial charge in [0, 0.05) is 5.56 Å². The molecule has 0 saturated carbocycles. The molecule has 2 heterocycles. The van der Waals surface area contributed by atoms with E-state index in [-0.39, 0.29) is 43.8 Å². The van der Waals surface area contributed by atoms with Crippen LogP contribution in [-0.2, 0) is 9.59 Å². The molecule has 8 heteroatoms. The van der Waals surface area contributed by atoms with Crippen molar-refractivity contribution in [1.29, 1.82) is 0 Å². The van der Waals surface area contributed by atoms with Crippen molar-refractivity contribution in [2.24, 2.45) is 0 Å². The highest BCUT2D eigenvalue weighted by molar-refractivity contribution is 6.34. The van der Waals surface area contributed by atoms with Crippen LogP contribution < -0.4 is 9.64 Å². The second-order valence-electron chi connectivity index (χ2n) is 8.33. The summed E-state index contributed by atoms with van der Waals surface area (Å²) >= 11 is 6.63. The first-order valence-electron chi connectivity index (χ1n) is 10.4. The fraction of sp³-hybridized carbons (Fsp3) is 0.200. The number of phenolic OH excluding ortho intramolecular Hbond substituents is 1. The first-order chi connectivity index (χ1) is 15.8. The third-order valence-electron chi connectivity index (χ3n) is 6.00. The molecule has 0 unspecified atom stereocenters. The van der Waals surface area contributed by atoms with E-state index in [9.17, 15) is 14.7 Å². The number of likely N-dealkylation sites (tertiary alicyclic amines) is 1. The topological polar surface area (TPSA) is 70.1 Å². The number of aromatic hydroxyl groups is 1. The molecular weight excluding hydrogens is 447 g/mol. The number of benzene rings is 3. The molecule has 2 aliphatic heterocycles. The van der Waals surface area contributed by atoms with E-state index < -0.39 is 5.67 Å². The molecule has 3 aromatic carbocycles. The maximum atomic E-state index is 15.2. The molecule has 0 spiro atoms. The molecule has 0 aromatic heterocycles. The zero-order valence-electron chi connectivity index (χ0n) is 17.6. The lowest BCUT2D eigenvalue weighted by Crippen LogP contribution is -2.65. The fourth-order valence-electron chi connectivity index (χ4n) is 4.42. The lowest BCUT2D eigenvalue weighted by molar-refractivity contribution is -0.139. The summed E-state index contributed by atoms with van der Waals surface area (Å²) in [5.41, 5.74) is -0.0201. The number of rotatable bonds is 4.